The molecule has 186 valence electrons. The van der Waals surface area contributed by atoms with E-state index in [2.05, 4.69) is 11.5 Å². The van der Waals surface area contributed by atoms with Crippen LogP contribution in [-0.4, -0.2) is 31.0 Å². The van der Waals surface area contributed by atoms with Crippen LogP contribution in [0.4, 0.5) is 0 Å². The molecule has 36 heavy (non-hydrogen) atoms. The van der Waals surface area contributed by atoms with E-state index in [1.807, 2.05) is 91.0 Å². The van der Waals surface area contributed by atoms with Gasteiger partial charge in [0.25, 0.3) is 0 Å². The number of hydrogen-bond donors (Lipinski definition) is 2. The number of nitrogens with zero attached hydrogens (tertiary/aromatic N) is 1. The minimum Gasteiger partial charge on any atom is -0.374 e. The highest BCUT2D eigenvalue weighted by Gasteiger charge is 2.48. The lowest BCUT2D eigenvalue weighted by atomic mass is 10.0. The fourth-order valence-electron chi connectivity index (χ4n) is 4.16. The van der Waals surface area contributed by atoms with Crippen molar-refractivity contribution in [2.75, 3.05) is 6.61 Å². The van der Waals surface area contributed by atoms with Crippen molar-refractivity contribution in [3.05, 3.63) is 119 Å². The summed E-state index contributed by atoms with van der Waals surface area (Å²) in [7, 11) is 0. The van der Waals surface area contributed by atoms with Gasteiger partial charge in [0.15, 0.2) is 0 Å². The maximum Gasteiger partial charge on any atom is 0.123 e. The first-order valence-corrected chi connectivity index (χ1v) is 11.9. The monoisotopic (exact) mass is 485 g/mol. The van der Waals surface area contributed by atoms with E-state index in [1.54, 1.807) is 0 Å². The number of hydrazine groups is 1. The fourth-order valence-corrected chi connectivity index (χ4v) is 4.16. The first kappa shape index (κ1) is 25.6. The van der Waals surface area contributed by atoms with Crippen LogP contribution in [0.5, 0.6) is 0 Å². The van der Waals surface area contributed by atoms with Crippen LogP contribution in [-0.2, 0) is 38.8 Å². The third-order valence-electron chi connectivity index (χ3n) is 5.95. The summed E-state index contributed by atoms with van der Waals surface area (Å²) in [5.74, 6) is 5.50. The summed E-state index contributed by atoms with van der Waals surface area (Å²) in [5.41, 5.74) is 5.89. The Kier molecular flexibility index (Phi) is 9.62. The molecule has 1 saturated heterocycles. The van der Waals surface area contributed by atoms with Crippen molar-refractivity contribution in [3.8, 4) is 6.07 Å². The molecule has 0 spiro atoms. The van der Waals surface area contributed by atoms with Gasteiger partial charge in [0.2, 0.25) is 0 Å². The molecule has 3 N–H and O–H groups in total. The summed E-state index contributed by atoms with van der Waals surface area (Å²) >= 11 is 0. The van der Waals surface area contributed by atoms with E-state index in [-0.39, 0.29) is 6.61 Å². The summed E-state index contributed by atoms with van der Waals surface area (Å²) in [6, 6.07) is 31.9. The normalized spacial score (nSPS) is 21.7. The molecule has 1 fully saturated rings. The molecule has 1 aliphatic heterocycles. The zero-order valence-corrected chi connectivity index (χ0v) is 20.0. The summed E-state index contributed by atoms with van der Waals surface area (Å²) in [6.45, 7) is 1.45. The highest BCUT2D eigenvalue weighted by atomic mass is 16.6. The summed E-state index contributed by atoms with van der Waals surface area (Å²) in [5, 5.41) is 9.80. The summed E-state index contributed by atoms with van der Waals surface area (Å²) in [6.07, 6.45) is -0.688. The zero-order chi connectivity index (χ0) is 25.0. The van der Waals surface area contributed by atoms with Gasteiger partial charge in [-0.2, -0.15) is 5.26 Å². The molecule has 0 aliphatic carbocycles. The van der Waals surface area contributed by atoms with E-state index >= 15 is 0 Å². The van der Waals surface area contributed by atoms with Gasteiger partial charge < -0.3 is 24.4 Å². The van der Waals surface area contributed by atoms with Gasteiger partial charge in [0, 0.05) is 6.20 Å². The molecule has 4 atom stereocenters. The second kappa shape index (κ2) is 13.5. The molecule has 1 aliphatic rings. The molecule has 7 heteroatoms. The van der Waals surface area contributed by atoms with Crippen LogP contribution in [0.1, 0.15) is 16.7 Å². The molecule has 0 radical (unpaired) electrons. The maximum absolute atomic E-state index is 9.80. The summed E-state index contributed by atoms with van der Waals surface area (Å²) < 4.78 is 25.1. The van der Waals surface area contributed by atoms with Crippen LogP contribution in [0.2, 0.25) is 0 Å². The van der Waals surface area contributed by atoms with Gasteiger partial charge in [-0.3, -0.25) is 5.84 Å². The average Bonchev–Trinajstić information content (AvgIpc) is 3.28. The van der Waals surface area contributed by atoms with E-state index in [1.165, 1.54) is 6.20 Å². The Morgan fingerprint density at radius 2 is 1.31 bits per heavy atom. The average molecular weight is 486 g/mol. The lowest BCUT2D eigenvalue weighted by molar-refractivity contribution is -0.0896. The van der Waals surface area contributed by atoms with Gasteiger partial charge in [-0.1, -0.05) is 91.0 Å². The first-order valence-electron chi connectivity index (χ1n) is 11.9. The van der Waals surface area contributed by atoms with Crippen LogP contribution in [0.3, 0.4) is 0 Å². The second-order valence-electron chi connectivity index (χ2n) is 8.50. The Labute approximate surface area is 212 Å². The second-order valence-corrected chi connectivity index (χ2v) is 8.50. The molecule has 3 aromatic carbocycles. The standard InChI is InChI=1S/C29H31N3O4/c30-16-25(17-32-31)27-29(35-20-24-14-8-3-9-15-24)28(34-19-23-12-6-2-7-13-23)26(36-27)21-33-18-22-10-4-1-5-11-22/h1-15,17,26-29,32H,18-21,31H2/b25-17+/t26-,27?,28-,29+/m1/s1. The van der Waals surface area contributed by atoms with Crippen molar-refractivity contribution in [3.63, 3.8) is 0 Å². The zero-order valence-electron chi connectivity index (χ0n) is 20.0. The SMILES string of the molecule is N#C/C(=C\NN)C1O[C@H](COCc2ccccc2)[C@@H](OCc2ccccc2)[C@H]1OCc1ccccc1. The van der Waals surface area contributed by atoms with Gasteiger partial charge >= 0.3 is 0 Å². The van der Waals surface area contributed by atoms with Gasteiger partial charge in [-0.15, -0.1) is 0 Å². The highest BCUT2D eigenvalue weighted by molar-refractivity contribution is 5.29. The Hall–Kier alpha value is -3.51. The number of hydrogen-bond acceptors (Lipinski definition) is 7. The first-order chi connectivity index (χ1) is 17.8. The minimum absolute atomic E-state index is 0.283. The Balaban J connectivity index is 1.54. The van der Waals surface area contributed by atoms with E-state index in [9.17, 15) is 5.26 Å². The van der Waals surface area contributed by atoms with Gasteiger partial charge in [-0.05, 0) is 16.7 Å². The van der Waals surface area contributed by atoms with Crippen LogP contribution >= 0.6 is 0 Å². The van der Waals surface area contributed by atoms with Crippen LogP contribution in [0.15, 0.2) is 103 Å². The van der Waals surface area contributed by atoms with Crippen molar-refractivity contribution >= 4 is 0 Å². The predicted molar refractivity (Wildman–Crippen MR) is 136 cm³/mol. The molecule has 3 aromatic rings. The molecular formula is C29H31N3O4. The predicted octanol–water partition coefficient (Wildman–Crippen LogP) is 4.01. The lowest BCUT2D eigenvalue weighted by Crippen LogP contribution is -2.39. The minimum atomic E-state index is -0.666. The van der Waals surface area contributed by atoms with Crippen LogP contribution in [0.25, 0.3) is 0 Å². The molecule has 4 rings (SSSR count). The number of ether oxygens (including phenoxy) is 4. The van der Waals surface area contributed by atoms with Gasteiger partial charge in [0.05, 0.1) is 38.1 Å². The number of benzene rings is 3. The van der Waals surface area contributed by atoms with Crippen molar-refractivity contribution < 1.29 is 18.9 Å². The van der Waals surface area contributed by atoms with E-state index in [4.69, 9.17) is 24.8 Å². The molecule has 7 nitrogen and oxygen atoms in total. The van der Waals surface area contributed by atoms with Crippen LogP contribution in [0, 0.1) is 11.3 Å². The van der Waals surface area contributed by atoms with Crippen molar-refractivity contribution in [2.24, 2.45) is 5.84 Å². The molecule has 0 amide bonds. The quantitative estimate of drug-likeness (QED) is 0.227. The third-order valence-corrected chi connectivity index (χ3v) is 5.95. The van der Waals surface area contributed by atoms with Crippen LogP contribution < -0.4 is 11.3 Å². The molecule has 0 aromatic heterocycles. The number of nitrogens with two attached hydrogens (primary N) is 1. The largest absolute Gasteiger partial charge is 0.374 e. The van der Waals surface area contributed by atoms with Crippen molar-refractivity contribution in [1.29, 1.82) is 5.26 Å². The van der Waals surface area contributed by atoms with E-state index < -0.39 is 24.4 Å². The van der Waals surface area contributed by atoms with Crippen molar-refractivity contribution in [1.82, 2.24) is 5.43 Å². The van der Waals surface area contributed by atoms with Crippen molar-refractivity contribution in [2.45, 2.75) is 44.2 Å². The molecule has 0 saturated carbocycles. The summed E-state index contributed by atoms with van der Waals surface area (Å²) in [4.78, 5) is 0. The number of nitriles is 1. The van der Waals surface area contributed by atoms with Gasteiger partial charge in [-0.25, -0.2) is 0 Å². The smallest absolute Gasteiger partial charge is 0.123 e. The topological polar surface area (TPSA) is 98.8 Å². The Morgan fingerprint density at radius 3 is 1.81 bits per heavy atom. The molecular weight excluding hydrogens is 454 g/mol. The molecule has 0 bridgehead atoms. The Morgan fingerprint density at radius 1 is 0.806 bits per heavy atom. The maximum atomic E-state index is 9.80. The Bertz CT molecular complexity index is 1120. The fraction of sp³-hybridized carbons (Fsp3) is 0.276. The number of nitrogens with one attached hydrogen (secondary N) is 1. The lowest BCUT2D eigenvalue weighted by Gasteiger charge is -2.25. The molecule has 1 unspecified atom stereocenters. The van der Waals surface area contributed by atoms with E-state index in [0.717, 1.165) is 16.7 Å². The number of rotatable bonds is 12. The van der Waals surface area contributed by atoms with Gasteiger partial charge in [0.1, 0.15) is 24.4 Å². The molecule has 1 heterocycles. The third kappa shape index (κ3) is 7.01. The van der Waals surface area contributed by atoms with E-state index in [0.29, 0.717) is 25.4 Å². The highest BCUT2D eigenvalue weighted by Crippen LogP contribution is 2.32.